The molecule has 8 heteroatoms. The molecule has 0 atom stereocenters. The fourth-order valence-electron chi connectivity index (χ4n) is 3.92. The fourth-order valence-corrected chi connectivity index (χ4v) is 3.92. The molecule has 0 unspecified atom stereocenters. The van der Waals surface area contributed by atoms with Gasteiger partial charge in [-0.25, -0.2) is 4.98 Å². The van der Waals surface area contributed by atoms with Crippen molar-refractivity contribution in [3.63, 3.8) is 0 Å². The predicted octanol–water partition coefficient (Wildman–Crippen LogP) is 4.31. The molecule has 0 spiro atoms. The largest absolute Gasteiger partial charge is 0.381 e. The zero-order chi connectivity index (χ0) is 22.6. The lowest BCUT2D eigenvalue weighted by Crippen LogP contribution is -2.20. The first-order valence-electron chi connectivity index (χ1n) is 11.0. The third-order valence-corrected chi connectivity index (χ3v) is 5.61. The molecule has 8 nitrogen and oxygen atoms in total. The van der Waals surface area contributed by atoms with Crippen molar-refractivity contribution in [3.8, 4) is 22.6 Å². The normalized spacial score (nSPS) is 14.2. The highest BCUT2D eigenvalue weighted by Gasteiger charge is 2.22. The Hall–Kier alpha value is -3.91. The van der Waals surface area contributed by atoms with Gasteiger partial charge in [-0.05, 0) is 55.7 Å². The Morgan fingerprint density at radius 3 is 2.73 bits per heavy atom. The first-order chi connectivity index (χ1) is 16.2. The van der Waals surface area contributed by atoms with Crippen molar-refractivity contribution in [1.29, 1.82) is 0 Å². The number of rotatable bonds is 5. The molecule has 0 aliphatic carbocycles. The zero-order valence-corrected chi connectivity index (χ0v) is 18.3. The van der Waals surface area contributed by atoms with E-state index in [2.05, 4.69) is 20.3 Å². The SMILES string of the molecule is Cc1cncc(-c2cccc(C(=O)Nc3cn(C4CCOCC4)nc3-c3ccccn3)n2)c1. The van der Waals surface area contributed by atoms with Crippen LogP contribution in [0.3, 0.4) is 0 Å². The summed E-state index contributed by atoms with van der Waals surface area (Å²) in [5.41, 5.74) is 4.85. The van der Waals surface area contributed by atoms with E-state index in [1.54, 1.807) is 24.7 Å². The Morgan fingerprint density at radius 1 is 1.09 bits per heavy atom. The maximum Gasteiger partial charge on any atom is 0.274 e. The van der Waals surface area contributed by atoms with Crippen LogP contribution in [0, 0.1) is 6.92 Å². The molecular formula is C25H24N6O2. The van der Waals surface area contributed by atoms with Crippen LogP contribution < -0.4 is 5.32 Å². The van der Waals surface area contributed by atoms with E-state index in [9.17, 15) is 4.79 Å². The first-order valence-corrected chi connectivity index (χ1v) is 11.0. The van der Waals surface area contributed by atoms with E-state index in [1.807, 2.05) is 54.2 Å². The summed E-state index contributed by atoms with van der Waals surface area (Å²) >= 11 is 0. The Morgan fingerprint density at radius 2 is 1.94 bits per heavy atom. The van der Waals surface area contributed by atoms with Crippen LogP contribution in [-0.2, 0) is 4.74 Å². The number of hydrogen-bond acceptors (Lipinski definition) is 6. The van der Waals surface area contributed by atoms with Gasteiger partial charge in [0.25, 0.3) is 5.91 Å². The number of amides is 1. The Balaban J connectivity index is 1.45. The number of aromatic nitrogens is 5. The van der Waals surface area contributed by atoms with Gasteiger partial charge in [-0.2, -0.15) is 5.10 Å². The van der Waals surface area contributed by atoms with E-state index in [0.717, 1.165) is 24.0 Å². The second-order valence-corrected chi connectivity index (χ2v) is 8.04. The standard InChI is InChI=1S/C25H24N6O2/c1-17-13-18(15-26-14-17)20-6-4-7-22(28-20)25(32)29-23-16-31(19-8-11-33-12-9-19)30-24(23)21-5-2-3-10-27-21/h2-7,10,13-16,19H,8-9,11-12H2,1H3,(H,29,32). The van der Waals surface area contributed by atoms with E-state index >= 15 is 0 Å². The highest BCUT2D eigenvalue weighted by Crippen LogP contribution is 2.29. The van der Waals surface area contributed by atoms with Crippen LogP contribution in [0.2, 0.25) is 0 Å². The quantitative estimate of drug-likeness (QED) is 0.497. The molecule has 4 aromatic heterocycles. The van der Waals surface area contributed by atoms with E-state index in [-0.39, 0.29) is 11.9 Å². The van der Waals surface area contributed by atoms with Crippen molar-refractivity contribution in [2.75, 3.05) is 18.5 Å². The molecule has 33 heavy (non-hydrogen) atoms. The molecule has 1 N–H and O–H groups in total. The van der Waals surface area contributed by atoms with Crippen LogP contribution in [-0.4, -0.2) is 43.9 Å². The summed E-state index contributed by atoms with van der Waals surface area (Å²) in [5, 5.41) is 7.78. The lowest BCUT2D eigenvalue weighted by Gasteiger charge is -2.22. The number of nitrogens with one attached hydrogen (secondary N) is 1. The van der Waals surface area contributed by atoms with Gasteiger partial charge in [0.2, 0.25) is 0 Å². The maximum atomic E-state index is 13.2. The van der Waals surface area contributed by atoms with Gasteiger partial charge in [0, 0.05) is 43.6 Å². The number of pyridine rings is 3. The van der Waals surface area contributed by atoms with Crippen LogP contribution in [0.25, 0.3) is 22.6 Å². The van der Waals surface area contributed by atoms with Gasteiger partial charge in [0.1, 0.15) is 11.4 Å². The van der Waals surface area contributed by atoms with Crippen molar-refractivity contribution >= 4 is 11.6 Å². The maximum absolute atomic E-state index is 13.2. The van der Waals surface area contributed by atoms with Crippen LogP contribution in [0.15, 0.2) is 67.3 Å². The molecule has 1 fully saturated rings. The van der Waals surface area contributed by atoms with Crippen LogP contribution >= 0.6 is 0 Å². The molecule has 166 valence electrons. The molecule has 1 saturated heterocycles. The molecule has 0 bridgehead atoms. The monoisotopic (exact) mass is 440 g/mol. The fraction of sp³-hybridized carbons (Fsp3) is 0.240. The van der Waals surface area contributed by atoms with Crippen LogP contribution in [0.1, 0.15) is 34.9 Å². The third-order valence-electron chi connectivity index (χ3n) is 5.61. The summed E-state index contributed by atoms with van der Waals surface area (Å²) in [6.07, 6.45) is 8.89. The summed E-state index contributed by atoms with van der Waals surface area (Å²) in [6, 6.07) is 13.3. The number of carbonyl (C=O) groups excluding carboxylic acids is 1. The number of hydrogen-bond donors (Lipinski definition) is 1. The molecule has 1 aliphatic heterocycles. The average molecular weight is 441 g/mol. The second kappa shape index (κ2) is 9.30. The Kier molecular flexibility index (Phi) is 5.91. The molecule has 5 heterocycles. The Labute approximate surface area is 191 Å². The van der Waals surface area contributed by atoms with Gasteiger partial charge in [0.05, 0.1) is 23.1 Å². The minimum Gasteiger partial charge on any atom is -0.381 e. The minimum absolute atomic E-state index is 0.224. The van der Waals surface area contributed by atoms with Gasteiger partial charge in [0.15, 0.2) is 0 Å². The number of ether oxygens (including phenoxy) is 1. The summed E-state index contributed by atoms with van der Waals surface area (Å²) in [7, 11) is 0. The second-order valence-electron chi connectivity index (χ2n) is 8.04. The molecule has 0 saturated carbocycles. The van der Waals surface area contributed by atoms with Crippen LogP contribution in [0.4, 0.5) is 5.69 Å². The molecule has 1 aliphatic rings. The molecule has 0 radical (unpaired) electrons. The van der Waals surface area contributed by atoms with Crippen molar-refractivity contribution in [2.45, 2.75) is 25.8 Å². The highest BCUT2D eigenvalue weighted by molar-refractivity contribution is 6.04. The first kappa shape index (κ1) is 21.0. The molecule has 4 aromatic rings. The Bertz CT molecular complexity index is 1260. The third kappa shape index (κ3) is 4.65. The summed E-state index contributed by atoms with van der Waals surface area (Å²) in [6.45, 7) is 3.38. The van der Waals surface area contributed by atoms with Crippen molar-refractivity contribution < 1.29 is 9.53 Å². The molecular weight excluding hydrogens is 416 g/mol. The summed E-state index contributed by atoms with van der Waals surface area (Å²) in [5.74, 6) is -0.304. The van der Waals surface area contributed by atoms with E-state index in [1.165, 1.54) is 0 Å². The lowest BCUT2D eigenvalue weighted by atomic mass is 10.1. The van der Waals surface area contributed by atoms with Gasteiger partial charge in [-0.15, -0.1) is 0 Å². The zero-order valence-electron chi connectivity index (χ0n) is 18.3. The molecule has 5 rings (SSSR count). The van der Waals surface area contributed by atoms with Gasteiger partial charge in [-0.3, -0.25) is 19.4 Å². The topological polar surface area (TPSA) is 94.8 Å². The van der Waals surface area contributed by atoms with Crippen molar-refractivity contribution in [1.82, 2.24) is 24.7 Å². The number of anilines is 1. The van der Waals surface area contributed by atoms with E-state index < -0.39 is 0 Å². The number of aryl methyl sites for hydroxylation is 1. The van der Waals surface area contributed by atoms with Gasteiger partial charge >= 0.3 is 0 Å². The van der Waals surface area contributed by atoms with Crippen LogP contribution in [0.5, 0.6) is 0 Å². The number of carbonyl (C=O) groups is 1. The summed E-state index contributed by atoms with van der Waals surface area (Å²) in [4.78, 5) is 26.4. The minimum atomic E-state index is -0.304. The van der Waals surface area contributed by atoms with Crippen molar-refractivity contribution in [2.24, 2.45) is 0 Å². The molecule has 1 amide bonds. The lowest BCUT2D eigenvalue weighted by molar-refractivity contribution is 0.0663. The van der Waals surface area contributed by atoms with Gasteiger partial charge < -0.3 is 10.1 Å². The van der Waals surface area contributed by atoms with E-state index in [4.69, 9.17) is 9.84 Å². The number of nitrogens with zero attached hydrogens (tertiary/aromatic N) is 5. The highest BCUT2D eigenvalue weighted by atomic mass is 16.5. The predicted molar refractivity (Wildman–Crippen MR) is 125 cm³/mol. The smallest absolute Gasteiger partial charge is 0.274 e. The van der Waals surface area contributed by atoms with Gasteiger partial charge in [-0.1, -0.05) is 12.1 Å². The van der Waals surface area contributed by atoms with Crippen molar-refractivity contribution in [3.05, 3.63) is 78.5 Å². The average Bonchev–Trinajstić information content (AvgIpc) is 3.29. The summed E-state index contributed by atoms with van der Waals surface area (Å²) < 4.78 is 7.41. The van der Waals surface area contributed by atoms with E-state index in [0.29, 0.717) is 41.7 Å². The molecule has 0 aromatic carbocycles.